The highest BCUT2D eigenvalue weighted by molar-refractivity contribution is 7.94. The normalized spacial score (nSPS) is 26.3. The number of quaternary nitrogens is 1. The van der Waals surface area contributed by atoms with Crippen LogP contribution in [-0.2, 0) is 0 Å². The van der Waals surface area contributed by atoms with E-state index in [4.69, 9.17) is 0 Å². The molecule has 7 heteroatoms. The summed E-state index contributed by atoms with van der Waals surface area (Å²) in [6.45, 7) is 2.37. The third-order valence-electron chi connectivity index (χ3n) is 3.47. The van der Waals surface area contributed by atoms with E-state index in [1.807, 2.05) is 6.92 Å². The zero-order valence-corrected chi connectivity index (χ0v) is 11.3. The average molecular weight is 283 g/mol. The molecule has 1 aromatic carbocycles. The van der Waals surface area contributed by atoms with E-state index in [2.05, 4.69) is 0 Å². The summed E-state index contributed by atoms with van der Waals surface area (Å²) in [6.07, 6.45) is 0.703. The van der Waals surface area contributed by atoms with Gasteiger partial charge in [0.25, 0.3) is 5.69 Å². The number of rotatable bonds is 3. The predicted octanol–water partition coefficient (Wildman–Crippen LogP) is 3.28. The van der Waals surface area contributed by atoms with Gasteiger partial charge in [-0.25, -0.2) is 0 Å². The van der Waals surface area contributed by atoms with Crippen molar-refractivity contribution < 1.29 is 18.7 Å². The molecule has 1 heterocycles. The minimum Gasteiger partial charge on any atom is -0.435 e. The first-order chi connectivity index (χ1) is 8.97. The number of nitrogens with zero attached hydrogens (tertiary/aromatic N) is 2. The largest absolute Gasteiger partial charge is 0.525 e. The summed E-state index contributed by atoms with van der Waals surface area (Å²) < 4.78 is -0.190. The first-order valence-electron chi connectivity index (χ1n) is 6.01. The number of para-hydroxylation sites is 1. The fraction of sp³-hybridized carbons (Fsp3) is 0.417. The van der Waals surface area contributed by atoms with Gasteiger partial charge in [-0.2, -0.15) is 8.68 Å². The standard InChI is InChI=1S/C12H14N2O4S/c1-9-5-4-8-14(9,12(15)16)19-11-7-3-2-6-10(11)13(17)18/h2-3,6-7,9H,4-5,8H2,1H3/p+1/t9-,14?/m1/s1. The van der Waals surface area contributed by atoms with Gasteiger partial charge in [0.15, 0.2) is 0 Å². The fourth-order valence-corrected chi connectivity index (χ4v) is 3.68. The van der Waals surface area contributed by atoms with Crippen LogP contribution in [-0.4, -0.2) is 32.6 Å². The van der Waals surface area contributed by atoms with Crippen molar-refractivity contribution in [3.63, 3.8) is 0 Å². The van der Waals surface area contributed by atoms with Gasteiger partial charge < -0.3 is 5.11 Å². The first-order valence-corrected chi connectivity index (χ1v) is 6.79. The molecule has 1 aliphatic rings. The van der Waals surface area contributed by atoms with Crippen molar-refractivity contribution in [2.24, 2.45) is 0 Å². The van der Waals surface area contributed by atoms with Crippen LogP contribution in [0.25, 0.3) is 0 Å². The van der Waals surface area contributed by atoms with E-state index in [-0.39, 0.29) is 15.6 Å². The van der Waals surface area contributed by atoms with Crippen molar-refractivity contribution in [2.75, 3.05) is 6.54 Å². The Balaban J connectivity index is 2.38. The Labute approximate surface area is 114 Å². The molecule has 19 heavy (non-hydrogen) atoms. The van der Waals surface area contributed by atoms with Crippen LogP contribution < -0.4 is 0 Å². The number of carbonyl (C=O) groups is 1. The molecule has 6 nitrogen and oxygen atoms in total. The van der Waals surface area contributed by atoms with Crippen LogP contribution in [0.2, 0.25) is 0 Å². The van der Waals surface area contributed by atoms with E-state index in [0.29, 0.717) is 11.4 Å². The number of benzene rings is 1. The van der Waals surface area contributed by atoms with Gasteiger partial charge in [-0.15, -0.1) is 0 Å². The number of carboxylic acid groups (broad SMARTS) is 1. The minimum absolute atomic E-state index is 0.0367. The quantitative estimate of drug-likeness (QED) is 0.398. The second-order valence-corrected chi connectivity index (χ2v) is 5.88. The van der Waals surface area contributed by atoms with Crippen LogP contribution in [0.5, 0.6) is 0 Å². The average Bonchev–Trinajstić information content (AvgIpc) is 2.72. The van der Waals surface area contributed by atoms with E-state index < -0.39 is 11.0 Å². The summed E-state index contributed by atoms with van der Waals surface area (Å²) in [5, 5.41) is 20.5. The predicted molar refractivity (Wildman–Crippen MR) is 70.8 cm³/mol. The maximum Gasteiger partial charge on any atom is 0.525 e. The zero-order valence-electron chi connectivity index (χ0n) is 10.5. The Kier molecular flexibility index (Phi) is 3.77. The van der Waals surface area contributed by atoms with Crippen molar-refractivity contribution in [1.82, 2.24) is 0 Å². The Morgan fingerprint density at radius 1 is 1.53 bits per heavy atom. The Morgan fingerprint density at radius 3 is 2.74 bits per heavy atom. The van der Waals surface area contributed by atoms with Gasteiger partial charge in [0, 0.05) is 18.9 Å². The van der Waals surface area contributed by atoms with E-state index >= 15 is 0 Å². The molecule has 0 bridgehead atoms. The van der Waals surface area contributed by atoms with Crippen LogP contribution in [0.4, 0.5) is 10.5 Å². The van der Waals surface area contributed by atoms with Gasteiger partial charge in [0.05, 0.1) is 4.92 Å². The molecule has 102 valence electrons. The summed E-state index contributed by atoms with van der Waals surface area (Å²) in [4.78, 5) is 22.5. The zero-order chi connectivity index (χ0) is 14.0. The molecule has 1 fully saturated rings. The van der Waals surface area contributed by atoms with Crippen LogP contribution in [0.15, 0.2) is 29.2 Å². The van der Waals surface area contributed by atoms with Crippen molar-refractivity contribution >= 4 is 23.7 Å². The van der Waals surface area contributed by atoms with E-state index in [0.717, 1.165) is 24.8 Å². The molecule has 1 aliphatic heterocycles. The molecule has 0 aliphatic carbocycles. The summed E-state index contributed by atoms with van der Waals surface area (Å²) in [6, 6.07) is 6.23. The number of amides is 1. The molecular formula is C12H15N2O4S+. The highest BCUT2D eigenvalue weighted by Gasteiger charge is 2.49. The molecule has 0 aromatic heterocycles. The minimum atomic E-state index is -0.937. The van der Waals surface area contributed by atoms with Gasteiger partial charge in [-0.05, 0) is 13.0 Å². The summed E-state index contributed by atoms with van der Waals surface area (Å²) in [5.41, 5.74) is -0.0367. The van der Waals surface area contributed by atoms with Gasteiger partial charge in [0.1, 0.15) is 29.4 Å². The Bertz CT molecular complexity index is 522. The van der Waals surface area contributed by atoms with Crippen molar-refractivity contribution in [1.29, 1.82) is 0 Å². The molecule has 1 N–H and O–H groups in total. The van der Waals surface area contributed by atoms with Crippen molar-refractivity contribution in [2.45, 2.75) is 30.7 Å². The lowest BCUT2D eigenvalue weighted by atomic mass is 10.2. The number of nitro benzene ring substituents is 1. The van der Waals surface area contributed by atoms with Crippen LogP contribution in [0.1, 0.15) is 19.8 Å². The Morgan fingerprint density at radius 2 is 2.21 bits per heavy atom. The molecule has 2 atom stereocenters. The highest BCUT2D eigenvalue weighted by Crippen LogP contribution is 2.43. The van der Waals surface area contributed by atoms with Gasteiger partial charge in [-0.1, -0.05) is 12.1 Å². The molecule has 0 saturated carbocycles. The summed E-state index contributed by atoms with van der Waals surface area (Å²) in [5.74, 6) is 0. The molecule has 2 rings (SSSR count). The van der Waals surface area contributed by atoms with Crippen molar-refractivity contribution in [3.8, 4) is 0 Å². The number of likely N-dealkylation sites (tertiary alicyclic amines) is 1. The molecule has 1 aromatic rings. The van der Waals surface area contributed by atoms with Crippen LogP contribution in [0, 0.1) is 10.1 Å². The van der Waals surface area contributed by atoms with Crippen LogP contribution in [0.3, 0.4) is 0 Å². The Hall–Kier alpha value is -1.60. The third kappa shape index (κ3) is 2.43. The summed E-state index contributed by atoms with van der Waals surface area (Å²) in [7, 11) is 0. The molecule has 0 radical (unpaired) electrons. The first kappa shape index (κ1) is 13.8. The number of hydrogen-bond acceptors (Lipinski definition) is 4. The maximum absolute atomic E-state index is 11.6. The number of hydrogen-bond donors (Lipinski definition) is 1. The lowest BCUT2D eigenvalue weighted by Crippen LogP contribution is -2.48. The lowest BCUT2D eigenvalue weighted by molar-refractivity contribution is -0.730. The van der Waals surface area contributed by atoms with E-state index in [1.165, 1.54) is 6.07 Å². The van der Waals surface area contributed by atoms with Gasteiger partial charge in [-0.3, -0.25) is 10.1 Å². The molecular weight excluding hydrogens is 268 g/mol. The van der Waals surface area contributed by atoms with Crippen molar-refractivity contribution in [3.05, 3.63) is 34.4 Å². The number of nitro groups is 1. The topological polar surface area (TPSA) is 80.4 Å². The highest BCUT2D eigenvalue weighted by atomic mass is 32.2. The van der Waals surface area contributed by atoms with Gasteiger partial charge in [0.2, 0.25) is 0 Å². The smallest absolute Gasteiger partial charge is 0.435 e. The molecule has 1 unspecified atom stereocenters. The third-order valence-corrected chi connectivity index (χ3v) is 5.04. The molecule has 1 saturated heterocycles. The molecule has 1 amide bonds. The van der Waals surface area contributed by atoms with Crippen LogP contribution >= 0.6 is 11.9 Å². The summed E-state index contributed by atoms with van der Waals surface area (Å²) >= 11 is 1.07. The maximum atomic E-state index is 11.6. The monoisotopic (exact) mass is 283 g/mol. The molecule has 0 spiro atoms. The van der Waals surface area contributed by atoms with Gasteiger partial charge >= 0.3 is 6.09 Å². The second kappa shape index (κ2) is 5.18. The second-order valence-electron chi connectivity index (χ2n) is 4.61. The lowest BCUT2D eigenvalue weighted by Gasteiger charge is -2.29. The SMILES string of the molecule is C[C@@H]1CCC[N+]1(Sc1ccccc1[N+](=O)[O-])C(=O)O. The van der Waals surface area contributed by atoms with E-state index in [1.54, 1.807) is 18.2 Å². The van der Waals surface area contributed by atoms with E-state index in [9.17, 15) is 20.0 Å². The fourth-order valence-electron chi connectivity index (χ4n) is 2.37.